The molecule has 7 heteroatoms. The number of esters is 2. The molecule has 2 N–H and O–H groups in total. The smallest absolute Gasteiger partial charge is 0.337 e. The Morgan fingerprint density at radius 3 is 2.69 bits per heavy atom. The summed E-state index contributed by atoms with van der Waals surface area (Å²) in [7, 11) is 0. The van der Waals surface area contributed by atoms with E-state index in [4.69, 9.17) is 9.47 Å². The van der Waals surface area contributed by atoms with Gasteiger partial charge in [0.05, 0.1) is 18.3 Å². The molecular weight excluding hydrogens is 463 g/mol. The summed E-state index contributed by atoms with van der Waals surface area (Å²) >= 11 is 0. The molecule has 6 nitrogen and oxygen atoms in total. The molecule has 0 amide bonds. The Hall–Kier alpha value is -2.77. The van der Waals surface area contributed by atoms with E-state index in [1.54, 1.807) is 12.1 Å². The largest absolute Gasteiger partial charge is 0.458 e. The highest BCUT2D eigenvalue weighted by Crippen LogP contribution is 2.61. The number of aliphatic hydroxyl groups excluding tert-OH is 2. The van der Waals surface area contributed by atoms with Gasteiger partial charge >= 0.3 is 11.9 Å². The lowest BCUT2D eigenvalue weighted by Crippen LogP contribution is -2.57. The molecular formula is C29H35FO6. The second-order valence-electron chi connectivity index (χ2n) is 10.8. The number of ether oxygens (including phenoxy) is 2. The van der Waals surface area contributed by atoms with Gasteiger partial charge < -0.3 is 19.7 Å². The molecule has 0 bridgehead atoms. The van der Waals surface area contributed by atoms with Gasteiger partial charge in [0.1, 0.15) is 12.4 Å². The van der Waals surface area contributed by atoms with E-state index in [0.29, 0.717) is 24.0 Å². The van der Waals surface area contributed by atoms with Crippen molar-refractivity contribution in [1.82, 2.24) is 0 Å². The Morgan fingerprint density at radius 2 is 2.00 bits per heavy atom. The van der Waals surface area contributed by atoms with Gasteiger partial charge in [0.15, 0.2) is 6.10 Å². The van der Waals surface area contributed by atoms with Crippen LogP contribution in [0.15, 0.2) is 54.1 Å². The number of fused-ring (bicyclic) bond motifs is 1. The van der Waals surface area contributed by atoms with Crippen LogP contribution in [0.3, 0.4) is 0 Å². The van der Waals surface area contributed by atoms with Gasteiger partial charge in [-0.2, -0.15) is 0 Å². The highest BCUT2D eigenvalue weighted by atomic mass is 19.1. The minimum Gasteiger partial charge on any atom is -0.458 e. The average molecular weight is 499 g/mol. The second-order valence-corrected chi connectivity index (χ2v) is 10.8. The topological polar surface area (TPSA) is 93.1 Å². The molecule has 1 aliphatic heterocycles. The highest BCUT2D eigenvalue weighted by molar-refractivity contribution is 5.93. The van der Waals surface area contributed by atoms with Crippen molar-refractivity contribution < 1.29 is 33.7 Å². The van der Waals surface area contributed by atoms with Crippen LogP contribution < -0.4 is 0 Å². The fourth-order valence-electron chi connectivity index (χ4n) is 6.57. The van der Waals surface area contributed by atoms with Crippen LogP contribution in [0.5, 0.6) is 0 Å². The summed E-state index contributed by atoms with van der Waals surface area (Å²) in [6.07, 6.45) is 6.81. The standard InChI is InChI=1S/C29H35FO6/c1-18-4-12-24-28(2,15-14-25(32)29(24,3)17-31)22(18)11-10-21-23(16-35-27(21)34)36-26(33)13-7-19-5-8-20(30)9-6-19/h5-10,13,22-25,31-32H,1,4,11-12,14-17H2,2-3H3/b13-7+,21-10+/t22-,23?,24?,25-,28+,29+/m1/s1. The highest BCUT2D eigenvalue weighted by Gasteiger charge is 2.57. The number of cyclic esters (lactones) is 1. The van der Waals surface area contributed by atoms with Crippen molar-refractivity contribution >= 4 is 18.0 Å². The van der Waals surface area contributed by atoms with Gasteiger partial charge in [0.25, 0.3) is 0 Å². The third-order valence-corrected chi connectivity index (χ3v) is 8.76. The van der Waals surface area contributed by atoms with Crippen LogP contribution in [0.4, 0.5) is 4.39 Å². The van der Waals surface area contributed by atoms with Gasteiger partial charge in [0.2, 0.25) is 0 Å². The number of halogens is 1. The molecule has 1 heterocycles. The molecule has 2 unspecified atom stereocenters. The maximum Gasteiger partial charge on any atom is 0.337 e. The van der Waals surface area contributed by atoms with Crippen molar-refractivity contribution in [2.45, 2.75) is 58.2 Å². The van der Waals surface area contributed by atoms with Crippen molar-refractivity contribution in [3.05, 3.63) is 65.5 Å². The normalized spacial score (nSPS) is 35.6. The number of allylic oxidation sites excluding steroid dienone is 2. The summed E-state index contributed by atoms with van der Waals surface area (Å²) in [5.74, 6) is -1.31. The number of benzene rings is 1. The van der Waals surface area contributed by atoms with Crippen molar-refractivity contribution in [1.29, 1.82) is 0 Å². The Balaban J connectivity index is 1.48. The summed E-state index contributed by atoms with van der Waals surface area (Å²) in [6, 6.07) is 5.69. The molecule has 36 heavy (non-hydrogen) atoms. The van der Waals surface area contributed by atoms with E-state index in [2.05, 4.69) is 13.5 Å². The van der Waals surface area contributed by atoms with E-state index in [1.807, 2.05) is 13.0 Å². The lowest BCUT2D eigenvalue weighted by molar-refractivity contribution is -0.151. The van der Waals surface area contributed by atoms with Crippen molar-refractivity contribution in [2.24, 2.45) is 22.7 Å². The quantitative estimate of drug-likeness (QED) is 0.344. The first kappa shape index (κ1) is 26.3. The zero-order chi connectivity index (χ0) is 26.1. The summed E-state index contributed by atoms with van der Waals surface area (Å²) < 4.78 is 23.7. The van der Waals surface area contributed by atoms with E-state index in [1.165, 1.54) is 24.3 Å². The van der Waals surface area contributed by atoms with Gasteiger partial charge in [-0.05, 0) is 73.1 Å². The maximum absolute atomic E-state index is 13.1. The molecule has 194 valence electrons. The average Bonchev–Trinajstić information content (AvgIpc) is 3.19. The molecule has 3 fully saturated rings. The molecule has 0 radical (unpaired) electrons. The van der Waals surface area contributed by atoms with Crippen LogP contribution in [0, 0.1) is 28.5 Å². The second kappa shape index (κ2) is 10.3. The van der Waals surface area contributed by atoms with Gasteiger partial charge in [-0.25, -0.2) is 14.0 Å². The van der Waals surface area contributed by atoms with Gasteiger partial charge in [-0.1, -0.05) is 44.2 Å². The molecule has 2 saturated carbocycles. The first-order valence-corrected chi connectivity index (χ1v) is 12.6. The molecule has 1 saturated heterocycles. The number of rotatable bonds is 6. The lowest BCUT2D eigenvalue weighted by Gasteiger charge is -2.59. The van der Waals surface area contributed by atoms with E-state index in [0.717, 1.165) is 24.8 Å². The summed E-state index contributed by atoms with van der Waals surface area (Å²) in [4.78, 5) is 24.8. The first-order valence-electron chi connectivity index (χ1n) is 12.6. The van der Waals surface area contributed by atoms with Crippen molar-refractivity contribution in [2.75, 3.05) is 13.2 Å². The Morgan fingerprint density at radius 1 is 1.28 bits per heavy atom. The Kier molecular flexibility index (Phi) is 7.53. The van der Waals surface area contributed by atoms with E-state index in [-0.39, 0.29) is 36.3 Å². The fraction of sp³-hybridized carbons (Fsp3) is 0.517. The number of carbonyl (C=O) groups excluding carboxylic acids is 2. The minimum atomic E-state index is -0.806. The first-order chi connectivity index (χ1) is 17.1. The number of aliphatic hydroxyl groups is 2. The molecule has 1 aromatic rings. The predicted molar refractivity (Wildman–Crippen MR) is 133 cm³/mol. The van der Waals surface area contributed by atoms with E-state index < -0.39 is 29.6 Å². The van der Waals surface area contributed by atoms with Gasteiger partial charge in [-0.15, -0.1) is 0 Å². The fourth-order valence-corrected chi connectivity index (χ4v) is 6.57. The van der Waals surface area contributed by atoms with Gasteiger partial charge in [-0.3, -0.25) is 0 Å². The zero-order valence-corrected chi connectivity index (χ0v) is 20.9. The molecule has 4 rings (SSSR count). The monoisotopic (exact) mass is 498 g/mol. The SMILES string of the molecule is C=C1CCC2[C@](C)(CO)[C@H](O)CC[C@@]2(C)[C@@H]1C/C=C1/C(=O)OCC1OC(=O)/C=C/c1ccc(F)cc1. The predicted octanol–water partition coefficient (Wildman–Crippen LogP) is 4.37. The molecule has 1 aromatic carbocycles. The Bertz CT molecular complexity index is 1080. The van der Waals surface area contributed by atoms with Crippen LogP contribution in [0.25, 0.3) is 6.08 Å². The molecule has 0 spiro atoms. The number of hydrogen-bond acceptors (Lipinski definition) is 6. The third kappa shape index (κ3) is 4.91. The van der Waals surface area contributed by atoms with Crippen LogP contribution in [0.1, 0.15) is 51.5 Å². The van der Waals surface area contributed by atoms with Crippen molar-refractivity contribution in [3.63, 3.8) is 0 Å². The molecule has 3 aliphatic rings. The van der Waals surface area contributed by atoms with Crippen molar-refractivity contribution in [3.8, 4) is 0 Å². The van der Waals surface area contributed by atoms with Gasteiger partial charge in [0, 0.05) is 11.5 Å². The number of carbonyl (C=O) groups is 2. The summed E-state index contributed by atoms with van der Waals surface area (Å²) in [5, 5.41) is 20.9. The zero-order valence-electron chi connectivity index (χ0n) is 20.9. The summed E-state index contributed by atoms with van der Waals surface area (Å²) in [6.45, 7) is 8.38. The third-order valence-electron chi connectivity index (χ3n) is 8.76. The Labute approximate surface area is 211 Å². The lowest BCUT2D eigenvalue weighted by atomic mass is 9.46. The molecule has 0 aromatic heterocycles. The molecule has 2 aliphatic carbocycles. The van der Waals surface area contributed by atoms with Crippen LogP contribution >= 0.6 is 0 Å². The number of hydrogen-bond donors (Lipinski definition) is 2. The van der Waals surface area contributed by atoms with E-state index >= 15 is 0 Å². The minimum absolute atomic E-state index is 0.0406. The van der Waals surface area contributed by atoms with Crippen LogP contribution in [-0.2, 0) is 19.1 Å². The van der Waals surface area contributed by atoms with E-state index in [9.17, 15) is 24.2 Å². The van der Waals surface area contributed by atoms with Crippen LogP contribution in [-0.4, -0.2) is 47.6 Å². The maximum atomic E-state index is 13.1. The summed E-state index contributed by atoms with van der Waals surface area (Å²) in [5.41, 5.74) is 1.30. The molecule has 6 atom stereocenters. The van der Waals surface area contributed by atoms with Crippen LogP contribution in [0.2, 0.25) is 0 Å².